The maximum atomic E-state index is 12.0. The van der Waals surface area contributed by atoms with E-state index in [9.17, 15) is 9.59 Å². The van der Waals surface area contributed by atoms with Crippen molar-refractivity contribution in [1.29, 1.82) is 0 Å². The van der Waals surface area contributed by atoms with Crippen LogP contribution in [0, 0.1) is 0 Å². The number of hydrogen-bond donors (Lipinski definition) is 3. The lowest BCUT2D eigenvalue weighted by Crippen LogP contribution is -2.41. The number of carbonyl (C=O) groups excluding carboxylic acids is 2. The second-order valence-electron chi connectivity index (χ2n) is 4.35. The van der Waals surface area contributed by atoms with Crippen molar-refractivity contribution in [3.8, 4) is 0 Å². The van der Waals surface area contributed by atoms with Crippen molar-refractivity contribution >= 4 is 22.7 Å². The summed E-state index contributed by atoms with van der Waals surface area (Å²) < 4.78 is 0. The van der Waals surface area contributed by atoms with E-state index in [1.54, 1.807) is 6.20 Å². The third-order valence-electron chi connectivity index (χ3n) is 2.91. The smallest absolute Gasteiger partial charge is 0.271 e. The number of amides is 2. The zero-order valence-electron chi connectivity index (χ0n) is 10.8. The zero-order valence-corrected chi connectivity index (χ0v) is 10.8. The van der Waals surface area contributed by atoms with E-state index in [0.29, 0.717) is 12.0 Å². The maximum absolute atomic E-state index is 12.0. The summed E-state index contributed by atoms with van der Waals surface area (Å²) >= 11 is 0. The van der Waals surface area contributed by atoms with E-state index < -0.39 is 0 Å². The summed E-state index contributed by atoms with van der Waals surface area (Å²) in [5, 5.41) is 0.836. The number of nitrogens with one attached hydrogen (secondary N) is 3. The van der Waals surface area contributed by atoms with Crippen molar-refractivity contribution in [3.63, 3.8) is 0 Å². The number of hydrogen-bond acceptors (Lipinski definition) is 2. The highest BCUT2D eigenvalue weighted by molar-refractivity contribution is 6.07. The summed E-state index contributed by atoms with van der Waals surface area (Å²) in [5.74, 6) is -0.489. The van der Waals surface area contributed by atoms with Gasteiger partial charge in [-0.25, -0.2) is 0 Å². The average Bonchev–Trinajstić information content (AvgIpc) is 2.86. The number of hydrazine groups is 1. The van der Waals surface area contributed by atoms with Gasteiger partial charge in [0.1, 0.15) is 0 Å². The summed E-state index contributed by atoms with van der Waals surface area (Å²) in [6.07, 6.45) is 3.82. The minimum Gasteiger partial charge on any atom is -0.360 e. The fraction of sp³-hybridized carbons (Fsp3) is 0.286. The monoisotopic (exact) mass is 259 g/mol. The van der Waals surface area contributed by atoms with E-state index in [-0.39, 0.29) is 11.8 Å². The summed E-state index contributed by atoms with van der Waals surface area (Å²) in [6.45, 7) is 2.01. The molecule has 5 heteroatoms. The Bertz CT molecular complexity index is 589. The van der Waals surface area contributed by atoms with Crippen LogP contribution in [-0.4, -0.2) is 16.8 Å². The second-order valence-corrected chi connectivity index (χ2v) is 4.35. The first-order valence-corrected chi connectivity index (χ1v) is 6.37. The predicted molar refractivity (Wildman–Crippen MR) is 73.4 cm³/mol. The molecule has 0 atom stereocenters. The second kappa shape index (κ2) is 6.04. The SMILES string of the molecule is CCCCC(=O)NNC(=O)c1c[nH]c2ccccc12. The summed E-state index contributed by atoms with van der Waals surface area (Å²) in [4.78, 5) is 26.4. The number of benzene rings is 1. The van der Waals surface area contributed by atoms with Crippen molar-refractivity contribution in [3.05, 3.63) is 36.0 Å². The van der Waals surface area contributed by atoms with Crippen LogP contribution in [-0.2, 0) is 4.79 Å². The van der Waals surface area contributed by atoms with Crippen LogP contribution in [0.4, 0.5) is 0 Å². The summed E-state index contributed by atoms with van der Waals surface area (Å²) in [7, 11) is 0. The van der Waals surface area contributed by atoms with Crippen LogP contribution in [0.5, 0.6) is 0 Å². The Hall–Kier alpha value is -2.30. The van der Waals surface area contributed by atoms with Crippen LogP contribution in [0.15, 0.2) is 30.5 Å². The van der Waals surface area contributed by atoms with E-state index in [0.717, 1.165) is 23.7 Å². The van der Waals surface area contributed by atoms with E-state index in [1.807, 2.05) is 31.2 Å². The fourth-order valence-corrected chi connectivity index (χ4v) is 1.85. The van der Waals surface area contributed by atoms with Crippen LogP contribution in [0.1, 0.15) is 36.5 Å². The lowest BCUT2D eigenvalue weighted by Gasteiger charge is -2.06. The third-order valence-corrected chi connectivity index (χ3v) is 2.91. The number of rotatable bonds is 4. The van der Waals surface area contributed by atoms with Gasteiger partial charge in [0.2, 0.25) is 5.91 Å². The molecule has 2 rings (SSSR count). The first kappa shape index (κ1) is 13.1. The topological polar surface area (TPSA) is 74.0 Å². The largest absolute Gasteiger partial charge is 0.360 e. The molecule has 0 aliphatic carbocycles. The molecule has 2 amide bonds. The Labute approximate surface area is 111 Å². The number of fused-ring (bicyclic) bond motifs is 1. The van der Waals surface area contributed by atoms with Gasteiger partial charge in [-0.3, -0.25) is 20.4 Å². The quantitative estimate of drug-likeness (QED) is 0.736. The molecule has 1 aromatic heterocycles. The van der Waals surface area contributed by atoms with E-state index in [1.165, 1.54) is 0 Å². The lowest BCUT2D eigenvalue weighted by molar-refractivity contribution is -0.121. The van der Waals surface area contributed by atoms with Gasteiger partial charge in [0.25, 0.3) is 5.91 Å². The van der Waals surface area contributed by atoms with Gasteiger partial charge in [-0.1, -0.05) is 31.5 Å². The van der Waals surface area contributed by atoms with E-state index >= 15 is 0 Å². The van der Waals surface area contributed by atoms with Gasteiger partial charge < -0.3 is 4.98 Å². The molecule has 0 unspecified atom stereocenters. The molecule has 2 aromatic rings. The van der Waals surface area contributed by atoms with E-state index in [4.69, 9.17) is 0 Å². The number of unbranched alkanes of at least 4 members (excludes halogenated alkanes) is 1. The molecule has 100 valence electrons. The van der Waals surface area contributed by atoms with Crippen molar-refractivity contribution in [2.45, 2.75) is 26.2 Å². The normalized spacial score (nSPS) is 10.4. The zero-order chi connectivity index (χ0) is 13.7. The first-order valence-electron chi connectivity index (χ1n) is 6.37. The minimum absolute atomic E-state index is 0.171. The van der Waals surface area contributed by atoms with Gasteiger partial charge in [-0.05, 0) is 12.5 Å². The highest BCUT2D eigenvalue weighted by Crippen LogP contribution is 2.17. The Balaban J connectivity index is 1.98. The summed E-state index contributed by atoms with van der Waals surface area (Å²) in [5.41, 5.74) is 6.26. The van der Waals surface area contributed by atoms with Gasteiger partial charge in [-0.2, -0.15) is 0 Å². The van der Waals surface area contributed by atoms with Crippen LogP contribution < -0.4 is 10.9 Å². The number of aromatic nitrogens is 1. The van der Waals surface area contributed by atoms with Gasteiger partial charge >= 0.3 is 0 Å². The van der Waals surface area contributed by atoms with Crippen LogP contribution in [0.2, 0.25) is 0 Å². The van der Waals surface area contributed by atoms with Crippen molar-refractivity contribution in [1.82, 2.24) is 15.8 Å². The predicted octanol–water partition coefficient (Wildman–Crippen LogP) is 2.12. The molecule has 0 radical (unpaired) electrons. The number of para-hydroxylation sites is 1. The standard InChI is InChI=1S/C14H17N3O2/c1-2-3-8-13(18)16-17-14(19)11-9-15-12-7-5-4-6-10(11)12/h4-7,9,15H,2-3,8H2,1H3,(H,16,18)(H,17,19). The summed E-state index contributed by atoms with van der Waals surface area (Å²) in [6, 6.07) is 7.52. The van der Waals surface area contributed by atoms with Crippen molar-refractivity contribution < 1.29 is 9.59 Å². The maximum Gasteiger partial charge on any atom is 0.271 e. The molecule has 1 aromatic carbocycles. The molecule has 5 nitrogen and oxygen atoms in total. The molecule has 0 spiro atoms. The Morgan fingerprint density at radius 2 is 2.00 bits per heavy atom. The highest BCUT2D eigenvalue weighted by Gasteiger charge is 2.11. The molecule has 1 heterocycles. The molecular weight excluding hydrogens is 242 g/mol. The molecule has 0 aliphatic rings. The van der Waals surface area contributed by atoms with Crippen LogP contribution >= 0.6 is 0 Å². The van der Waals surface area contributed by atoms with Gasteiger partial charge in [0.05, 0.1) is 5.56 Å². The van der Waals surface area contributed by atoms with E-state index in [2.05, 4.69) is 15.8 Å². The van der Waals surface area contributed by atoms with Crippen LogP contribution in [0.3, 0.4) is 0 Å². The van der Waals surface area contributed by atoms with Gasteiger partial charge in [0, 0.05) is 23.5 Å². The molecule has 0 fully saturated rings. The molecule has 0 saturated carbocycles. The molecule has 0 saturated heterocycles. The first-order chi connectivity index (χ1) is 9.22. The number of aromatic amines is 1. The van der Waals surface area contributed by atoms with Crippen molar-refractivity contribution in [2.75, 3.05) is 0 Å². The van der Waals surface area contributed by atoms with Crippen LogP contribution in [0.25, 0.3) is 10.9 Å². The Morgan fingerprint density at radius 1 is 1.21 bits per heavy atom. The minimum atomic E-state index is -0.317. The molecular formula is C14H17N3O2. The molecule has 0 bridgehead atoms. The number of H-pyrrole nitrogens is 1. The highest BCUT2D eigenvalue weighted by atomic mass is 16.2. The molecule has 0 aliphatic heterocycles. The Kier molecular flexibility index (Phi) is 4.18. The lowest BCUT2D eigenvalue weighted by atomic mass is 10.2. The Morgan fingerprint density at radius 3 is 2.79 bits per heavy atom. The van der Waals surface area contributed by atoms with Gasteiger partial charge in [-0.15, -0.1) is 0 Å². The fourth-order valence-electron chi connectivity index (χ4n) is 1.85. The third kappa shape index (κ3) is 3.13. The number of carbonyl (C=O) groups is 2. The average molecular weight is 259 g/mol. The van der Waals surface area contributed by atoms with Gasteiger partial charge in [0.15, 0.2) is 0 Å². The molecule has 19 heavy (non-hydrogen) atoms. The molecule has 3 N–H and O–H groups in total. The van der Waals surface area contributed by atoms with Crippen molar-refractivity contribution in [2.24, 2.45) is 0 Å².